The molecule has 0 radical (unpaired) electrons. The summed E-state index contributed by atoms with van der Waals surface area (Å²) in [5.41, 5.74) is 3.88. The molecule has 0 amide bonds. The third-order valence-electron chi connectivity index (χ3n) is 3.66. The van der Waals surface area contributed by atoms with Gasteiger partial charge in [0, 0.05) is 12.0 Å². The summed E-state index contributed by atoms with van der Waals surface area (Å²) in [4.78, 5) is 9.08. The van der Waals surface area contributed by atoms with E-state index in [-0.39, 0.29) is 0 Å². The molecule has 0 bridgehead atoms. The van der Waals surface area contributed by atoms with Gasteiger partial charge in [0.25, 0.3) is 0 Å². The third-order valence-corrected chi connectivity index (χ3v) is 3.66. The topological polar surface area (TPSA) is 61.0 Å². The van der Waals surface area contributed by atoms with Gasteiger partial charge in [-0.05, 0) is 32.4 Å². The molecule has 3 rings (SSSR count). The zero-order valence-corrected chi connectivity index (χ0v) is 14.2. The van der Waals surface area contributed by atoms with E-state index in [4.69, 9.17) is 9.26 Å². The van der Waals surface area contributed by atoms with E-state index in [1.807, 2.05) is 19.1 Å². The highest BCUT2D eigenvalue weighted by Gasteiger charge is 2.16. The van der Waals surface area contributed by atoms with Crippen molar-refractivity contribution in [2.75, 3.05) is 6.61 Å². The lowest BCUT2D eigenvalue weighted by Gasteiger charge is -2.09. The number of rotatable bonds is 6. The molecule has 124 valence electrons. The summed E-state index contributed by atoms with van der Waals surface area (Å²) in [6.45, 7) is 6.60. The lowest BCUT2D eigenvalue weighted by molar-refractivity contribution is 0.328. The maximum atomic E-state index is 5.71. The molecule has 0 aliphatic rings. The Labute approximate surface area is 141 Å². The average molecular weight is 323 g/mol. The molecular formula is C19H21N3O2. The van der Waals surface area contributed by atoms with E-state index in [1.54, 1.807) is 0 Å². The van der Waals surface area contributed by atoms with Crippen LogP contribution in [-0.4, -0.2) is 21.7 Å². The molecule has 5 heteroatoms. The van der Waals surface area contributed by atoms with Gasteiger partial charge in [0.15, 0.2) is 0 Å². The van der Waals surface area contributed by atoms with Gasteiger partial charge >= 0.3 is 0 Å². The van der Waals surface area contributed by atoms with Crippen molar-refractivity contribution in [2.45, 2.75) is 33.6 Å². The van der Waals surface area contributed by atoms with Crippen LogP contribution in [0.3, 0.4) is 0 Å². The van der Waals surface area contributed by atoms with Crippen LogP contribution in [-0.2, 0) is 6.42 Å². The Bertz CT molecular complexity index is 810. The van der Waals surface area contributed by atoms with Crippen molar-refractivity contribution in [1.29, 1.82) is 0 Å². The second kappa shape index (κ2) is 7.25. The number of aryl methyl sites for hydroxylation is 2. The van der Waals surface area contributed by atoms with Crippen LogP contribution in [0.5, 0.6) is 5.88 Å². The minimum absolute atomic E-state index is 0.518. The maximum absolute atomic E-state index is 5.71. The first-order valence-electron chi connectivity index (χ1n) is 8.25. The summed E-state index contributed by atoms with van der Waals surface area (Å²) in [7, 11) is 0. The molecule has 0 saturated heterocycles. The van der Waals surface area contributed by atoms with Gasteiger partial charge in [0.1, 0.15) is 0 Å². The Balaban J connectivity index is 1.98. The monoisotopic (exact) mass is 323 g/mol. The predicted octanol–water partition coefficient (Wildman–Crippen LogP) is 4.46. The Morgan fingerprint density at radius 2 is 1.79 bits per heavy atom. The number of hydrogen-bond acceptors (Lipinski definition) is 5. The number of ether oxygens (including phenoxy) is 1. The highest BCUT2D eigenvalue weighted by Crippen LogP contribution is 2.30. The second-order valence-corrected chi connectivity index (χ2v) is 5.61. The van der Waals surface area contributed by atoms with Gasteiger partial charge in [-0.1, -0.05) is 41.9 Å². The molecule has 1 aromatic carbocycles. The number of benzene rings is 1. The predicted molar refractivity (Wildman–Crippen MR) is 92.9 cm³/mol. The van der Waals surface area contributed by atoms with Crippen LogP contribution in [0.15, 0.2) is 40.9 Å². The fourth-order valence-electron chi connectivity index (χ4n) is 2.42. The molecule has 3 aromatic rings. The summed E-state index contributed by atoms with van der Waals surface area (Å²) < 4.78 is 11.0. The van der Waals surface area contributed by atoms with Crippen molar-refractivity contribution in [3.63, 3.8) is 0 Å². The number of hydrogen-bond donors (Lipinski definition) is 0. The van der Waals surface area contributed by atoms with E-state index >= 15 is 0 Å². The van der Waals surface area contributed by atoms with Gasteiger partial charge in [-0.3, -0.25) is 0 Å². The fourth-order valence-corrected chi connectivity index (χ4v) is 2.42. The molecular weight excluding hydrogens is 302 g/mol. The largest absolute Gasteiger partial charge is 0.477 e. The zero-order valence-electron chi connectivity index (χ0n) is 14.2. The molecule has 0 atom stereocenters. The van der Waals surface area contributed by atoms with E-state index in [2.05, 4.69) is 53.2 Å². The lowest BCUT2D eigenvalue weighted by atomic mass is 10.1. The van der Waals surface area contributed by atoms with Gasteiger partial charge < -0.3 is 9.26 Å². The van der Waals surface area contributed by atoms with Gasteiger partial charge in [0.2, 0.25) is 17.6 Å². The summed E-state index contributed by atoms with van der Waals surface area (Å²) in [5.74, 6) is 1.68. The van der Waals surface area contributed by atoms with Crippen LogP contribution in [0.1, 0.15) is 31.7 Å². The van der Waals surface area contributed by atoms with Crippen LogP contribution >= 0.6 is 0 Å². The highest BCUT2D eigenvalue weighted by atomic mass is 16.5. The summed E-state index contributed by atoms with van der Waals surface area (Å²) in [6.07, 6.45) is 1.73. The van der Waals surface area contributed by atoms with Crippen LogP contribution in [0.25, 0.3) is 22.6 Å². The van der Waals surface area contributed by atoms with Gasteiger partial charge in [0.05, 0.1) is 17.9 Å². The first-order chi connectivity index (χ1) is 11.7. The first kappa shape index (κ1) is 16.2. The standard InChI is InChI=1S/C19H21N3O2/c1-4-6-17-21-18(22-24-17)15-11-12-16(20-19(15)23-5-2)14-9-7-13(3)8-10-14/h7-12H,4-6H2,1-3H3. The molecule has 2 heterocycles. The average Bonchev–Trinajstić information content (AvgIpc) is 3.05. The lowest BCUT2D eigenvalue weighted by Crippen LogP contribution is -1.99. The van der Waals surface area contributed by atoms with Crippen molar-refractivity contribution in [3.05, 3.63) is 47.9 Å². The van der Waals surface area contributed by atoms with Crippen LogP contribution in [0, 0.1) is 6.92 Å². The second-order valence-electron chi connectivity index (χ2n) is 5.61. The van der Waals surface area contributed by atoms with E-state index < -0.39 is 0 Å². The normalized spacial score (nSPS) is 10.8. The Hall–Kier alpha value is -2.69. The number of pyridine rings is 1. The quantitative estimate of drug-likeness (QED) is 0.670. The van der Waals surface area contributed by atoms with Gasteiger partial charge in [-0.15, -0.1) is 0 Å². The van der Waals surface area contributed by atoms with E-state index in [9.17, 15) is 0 Å². The third kappa shape index (κ3) is 3.45. The smallest absolute Gasteiger partial charge is 0.226 e. The summed E-state index contributed by atoms with van der Waals surface area (Å²) in [5, 5.41) is 4.06. The number of nitrogens with zero attached hydrogens (tertiary/aromatic N) is 3. The van der Waals surface area contributed by atoms with Gasteiger partial charge in [-0.2, -0.15) is 4.98 Å². The molecule has 0 fully saturated rings. The minimum atomic E-state index is 0.518. The zero-order chi connectivity index (χ0) is 16.9. The Morgan fingerprint density at radius 1 is 1.00 bits per heavy atom. The molecule has 0 spiro atoms. The van der Waals surface area contributed by atoms with Gasteiger partial charge in [-0.25, -0.2) is 4.98 Å². The van der Waals surface area contributed by atoms with E-state index in [0.717, 1.165) is 29.7 Å². The summed E-state index contributed by atoms with van der Waals surface area (Å²) >= 11 is 0. The minimum Gasteiger partial charge on any atom is -0.477 e. The molecule has 0 saturated carbocycles. The summed E-state index contributed by atoms with van der Waals surface area (Å²) in [6, 6.07) is 12.1. The van der Waals surface area contributed by atoms with E-state index in [0.29, 0.717) is 24.2 Å². The Kier molecular flexibility index (Phi) is 4.89. The molecule has 0 N–H and O–H groups in total. The highest BCUT2D eigenvalue weighted by molar-refractivity contribution is 5.68. The van der Waals surface area contributed by atoms with E-state index in [1.165, 1.54) is 5.56 Å². The van der Waals surface area contributed by atoms with Crippen LogP contribution in [0.4, 0.5) is 0 Å². The van der Waals surface area contributed by atoms with Crippen molar-refractivity contribution in [2.24, 2.45) is 0 Å². The van der Waals surface area contributed by atoms with Crippen molar-refractivity contribution in [3.8, 4) is 28.5 Å². The first-order valence-corrected chi connectivity index (χ1v) is 8.25. The molecule has 0 aliphatic carbocycles. The van der Waals surface area contributed by atoms with Crippen LogP contribution in [0.2, 0.25) is 0 Å². The molecule has 5 nitrogen and oxygen atoms in total. The van der Waals surface area contributed by atoms with Crippen molar-refractivity contribution >= 4 is 0 Å². The Morgan fingerprint density at radius 3 is 2.50 bits per heavy atom. The van der Waals surface area contributed by atoms with Crippen LogP contribution < -0.4 is 4.74 Å². The van der Waals surface area contributed by atoms with Crippen molar-refractivity contribution < 1.29 is 9.26 Å². The molecule has 2 aromatic heterocycles. The fraction of sp³-hybridized carbons (Fsp3) is 0.316. The van der Waals surface area contributed by atoms with Crippen molar-refractivity contribution in [1.82, 2.24) is 15.1 Å². The molecule has 0 aliphatic heterocycles. The maximum Gasteiger partial charge on any atom is 0.226 e. The molecule has 0 unspecified atom stereocenters. The number of aromatic nitrogens is 3. The molecule has 24 heavy (non-hydrogen) atoms. The SMILES string of the molecule is CCCc1nc(-c2ccc(-c3ccc(C)cc3)nc2OCC)no1.